The molecule has 0 rings (SSSR count). The highest BCUT2D eigenvalue weighted by atomic mass is 32.2. The number of rotatable bonds is 6. The lowest BCUT2D eigenvalue weighted by molar-refractivity contribution is -0.154. The Morgan fingerprint density at radius 1 is 1.54 bits per heavy atom. The Bertz CT molecular complexity index is 166. The number of carboxylic acids is 1. The molecule has 1 unspecified atom stereocenters. The van der Waals surface area contributed by atoms with E-state index in [-0.39, 0.29) is 5.75 Å². The van der Waals surface area contributed by atoms with Gasteiger partial charge in [-0.2, -0.15) is 11.8 Å². The predicted octanol–water partition coefficient (Wildman–Crippen LogP) is 1.60. The number of aliphatic carboxylic acids is 1. The molecule has 78 valence electrons. The van der Waals surface area contributed by atoms with Crippen LogP contribution in [0.1, 0.15) is 27.2 Å². The lowest BCUT2D eigenvalue weighted by Crippen LogP contribution is -2.37. The minimum Gasteiger partial charge on any atom is -0.479 e. The van der Waals surface area contributed by atoms with Crippen LogP contribution >= 0.6 is 11.8 Å². The Kier molecular flexibility index (Phi) is 5.40. The van der Waals surface area contributed by atoms with Gasteiger partial charge in [0.2, 0.25) is 0 Å². The third-order valence-electron chi connectivity index (χ3n) is 1.68. The molecular weight excluding hydrogens is 188 g/mol. The maximum atomic E-state index is 10.5. The van der Waals surface area contributed by atoms with Crippen LogP contribution in [0.4, 0.5) is 0 Å². The highest BCUT2D eigenvalue weighted by Crippen LogP contribution is 2.15. The Morgan fingerprint density at radius 2 is 2.08 bits per heavy atom. The summed E-state index contributed by atoms with van der Waals surface area (Å²) in [6.45, 7) is 5.57. The van der Waals surface area contributed by atoms with Crippen molar-refractivity contribution in [2.24, 2.45) is 5.92 Å². The first-order chi connectivity index (χ1) is 5.86. The zero-order valence-corrected chi connectivity index (χ0v) is 9.23. The van der Waals surface area contributed by atoms with E-state index in [0.717, 1.165) is 12.2 Å². The fourth-order valence-electron chi connectivity index (χ4n) is 0.652. The number of hydrogen-bond donors (Lipinski definition) is 2. The van der Waals surface area contributed by atoms with Gasteiger partial charge in [-0.05, 0) is 25.0 Å². The fourth-order valence-corrected chi connectivity index (χ4v) is 1.96. The molecular formula is C9H18O3S. The minimum atomic E-state index is -1.58. The Morgan fingerprint density at radius 3 is 2.46 bits per heavy atom. The van der Waals surface area contributed by atoms with Gasteiger partial charge in [0.1, 0.15) is 0 Å². The van der Waals surface area contributed by atoms with Gasteiger partial charge in [-0.25, -0.2) is 4.79 Å². The molecule has 3 nitrogen and oxygen atoms in total. The maximum Gasteiger partial charge on any atom is 0.336 e. The van der Waals surface area contributed by atoms with Crippen molar-refractivity contribution in [3.8, 4) is 0 Å². The van der Waals surface area contributed by atoms with Gasteiger partial charge in [-0.3, -0.25) is 0 Å². The van der Waals surface area contributed by atoms with Crippen LogP contribution in [0.5, 0.6) is 0 Å². The summed E-state index contributed by atoms with van der Waals surface area (Å²) in [7, 11) is 0. The first-order valence-electron chi connectivity index (χ1n) is 4.40. The van der Waals surface area contributed by atoms with Gasteiger partial charge in [0.15, 0.2) is 5.60 Å². The highest BCUT2D eigenvalue weighted by molar-refractivity contribution is 7.99. The first-order valence-corrected chi connectivity index (χ1v) is 5.55. The van der Waals surface area contributed by atoms with Gasteiger partial charge in [-0.15, -0.1) is 0 Å². The molecule has 0 bridgehead atoms. The van der Waals surface area contributed by atoms with Crippen molar-refractivity contribution in [3.63, 3.8) is 0 Å². The van der Waals surface area contributed by atoms with Crippen LogP contribution in [0.2, 0.25) is 0 Å². The molecule has 0 fully saturated rings. The van der Waals surface area contributed by atoms with Crippen LogP contribution in [0, 0.1) is 5.92 Å². The van der Waals surface area contributed by atoms with Crippen LogP contribution in [0.15, 0.2) is 0 Å². The van der Waals surface area contributed by atoms with Gasteiger partial charge < -0.3 is 10.2 Å². The first kappa shape index (κ1) is 12.8. The number of carboxylic acid groups (broad SMARTS) is 1. The Balaban J connectivity index is 3.58. The molecule has 0 amide bonds. The average Bonchev–Trinajstić information content (AvgIpc) is 1.97. The lowest BCUT2D eigenvalue weighted by atomic mass is 10.1. The summed E-state index contributed by atoms with van der Waals surface area (Å²) >= 11 is 1.49. The number of aliphatic hydroxyl groups is 1. The molecule has 0 saturated heterocycles. The predicted molar refractivity (Wildman–Crippen MR) is 55.0 cm³/mol. The van der Waals surface area contributed by atoms with E-state index in [1.54, 1.807) is 0 Å². The van der Waals surface area contributed by atoms with E-state index >= 15 is 0 Å². The summed E-state index contributed by atoms with van der Waals surface area (Å²) in [5, 5.41) is 17.9. The molecule has 0 saturated carbocycles. The summed E-state index contributed by atoms with van der Waals surface area (Å²) in [6.07, 6.45) is 1.06. The third kappa shape index (κ3) is 5.93. The van der Waals surface area contributed by atoms with Gasteiger partial charge in [0.05, 0.1) is 0 Å². The molecule has 0 aromatic carbocycles. The molecule has 0 aromatic rings. The number of thioether (sulfide) groups is 1. The standard InChI is InChI=1S/C9H18O3S/c1-7(2)4-5-13-6-9(3,12)8(10)11/h7,12H,4-6H2,1-3H3,(H,10,11). The van der Waals surface area contributed by atoms with E-state index in [4.69, 9.17) is 5.11 Å². The third-order valence-corrected chi connectivity index (χ3v) is 2.97. The molecule has 0 aliphatic carbocycles. The molecule has 4 heteroatoms. The summed E-state index contributed by atoms with van der Waals surface area (Å²) in [6, 6.07) is 0. The quantitative estimate of drug-likeness (QED) is 0.648. The van der Waals surface area contributed by atoms with Crippen molar-refractivity contribution >= 4 is 17.7 Å². The highest BCUT2D eigenvalue weighted by Gasteiger charge is 2.29. The number of hydrogen-bond acceptors (Lipinski definition) is 3. The molecule has 0 radical (unpaired) electrons. The van der Waals surface area contributed by atoms with Crippen LogP contribution < -0.4 is 0 Å². The fraction of sp³-hybridized carbons (Fsp3) is 0.889. The number of carbonyl (C=O) groups is 1. The molecule has 0 aromatic heterocycles. The zero-order chi connectivity index (χ0) is 10.5. The molecule has 0 aliphatic heterocycles. The van der Waals surface area contributed by atoms with E-state index in [2.05, 4.69) is 13.8 Å². The minimum absolute atomic E-state index is 0.259. The molecule has 13 heavy (non-hydrogen) atoms. The van der Waals surface area contributed by atoms with Crippen LogP contribution in [0.25, 0.3) is 0 Å². The summed E-state index contributed by atoms with van der Waals surface area (Å²) in [4.78, 5) is 10.5. The second-order valence-corrected chi connectivity index (χ2v) is 4.92. The smallest absolute Gasteiger partial charge is 0.336 e. The van der Waals surface area contributed by atoms with Crippen LogP contribution in [-0.2, 0) is 4.79 Å². The molecule has 1 atom stereocenters. The summed E-state index contributed by atoms with van der Waals surface area (Å²) in [5.74, 6) is 0.641. The van der Waals surface area contributed by atoms with Gasteiger partial charge in [0.25, 0.3) is 0 Å². The van der Waals surface area contributed by atoms with E-state index < -0.39 is 11.6 Å². The normalized spacial score (nSPS) is 15.8. The van der Waals surface area contributed by atoms with Crippen molar-refractivity contribution < 1.29 is 15.0 Å². The maximum absolute atomic E-state index is 10.5. The van der Waals surface area contributed by atoms with Gasteiger partial charge >= 0.3 is 5.97 Å². The van der Waals surface area contributed by atoms with Gasteiger partial charge in [-0.1, -0.05) is 13.8 Å². The van der Waals surface area contributed by atoms with Crippen molar-refractivity contribution in [2.45, 2.75) is 32.8 Å². The largest absolute Gasteiger partial charge is 0.479 e. The van der Waals surface area contributed by atoms with E-state index in [1.165, 1.54) is 18.7 Å². The van der Waals surface area contributed by atoms with Crippen LogP contribution in [-0.4, -0.2) is 33.3 Å². The Labute approximate surface area is 83.5 Å². The van der Waals surface area contributed by atoms with Crippen molar-refractivity contribution in [1.82, 2.24) is 0 Å². The second kappa shape index (κ2) is 5.50. The van der Waals surface area contributed by atoms with Crippen LogP contribution in [0.3, 0.4) is 0 Å². The Hall–Kier alpha value is -0.220. The second-order valence-electron chi connectivity index (χ2n) is 3.81. The van der Waals surface area contributed by atoms with E-state index in [9.17, 15) is 9.90 Å². The SMILES string of the molecule is CC(C)CCSCC(C)(O)C(=O)O. The topological polar surface area (TPSA) is 57.5 Å². The molecule has 0 aliphatic rings. The lowest BCUT2D eigenvalue weighted by Gasteiger charge is -2.17. The summed E-state index contributed by atoms with van der Waals surface area (Å²) < 4.78 is 0. The average molecular weight is 206 g/mol. The monoisotopic (exact) mass is 206 g/mol. The van der Waals surface area contributed by atoms with E-state index in [1.807, 2.05) is 0 Å². The molecule has 0 heterocycles. The van der Waals surface area contributed by atoms with Gasteiger partial charge in [0, 0.05) is 5.75 Å². The van der Waals surface area contributed by atoms with E-state index in [0.29, 0.717) is 5.92 Å². The molecule has 0 spiro atoms. The molecule has 2 N–H and O–H groups in total. The zero-order valence-electron chi connectivity index (χ0n) is 8.41. The van der Waals surface area contributed by atoms with Crippen molar-refractivity contribution in [1.29, 1.82) is 0 Å². The summed E-state index contributed by atoms with van der Waals surface area (Å²) in [5.41, 5.74) is -1.58. The van der Waals surface area contributed by atoms with Crippen molar-refractivity contribution in [2.75, 3.05) is 11.5 Å². The van der Waals surface area contributed by atoms with Crippen molar-refractivity contribution in [3.05, 3.63) is 0 Å².